The highest BCUT2D eigenvalue weighted by Crippen LogP contribution is 2.27. The molecule has 35 heavy (non-hydrogen) atoms. The second-order valence-corrected chi connectivity index (χ2v) is 10.6. The number of rotatable bonds is 10. The van der Waals surface area contributed by atoms with Gasteiger partial charge in [0.15, 0.2) is 0 Å². The minimum absolute atomic E-state index is 0.0928. The number of nitrogens with zero attached hydrogens (tertiary/aromatic N) is 2. The Balaban J connectivity index is 1.63. The lowest BCUT2D eigenvalue weighted by Crippen LogP contribution is -2.51. The van der Waals surface area contributed by atoms with Crippen LogP contribution in [-0.4, -0.2) is 42.5 Å². The van der Waals surface area contributed by atoms with Crippen LogP contribution in [0.3, 0.4) is 0 Å². The summed E-state index contributed by atoms with van der Waals surface area (Å²) in [4.78, 5) is 17.2. The van der Waals surface area contributed by atoms with Crippen LogP contribution < -0.4 is 15.4 Å². The normalized spacial score (nSPS) is 15.1. The Bertz CT molecular complexity index is 960. The molecule has 2 N–H and O–H groups in total. The highest BCUT2D eigenvalue weighted by atomic mass is 35.5. The fourth-order valence-corrected chi connectivity index (χ4v) is 4.59. The number of amides is 1. The van der Waals surface area contributed by atoms with Crippen LogP contribution in [0.25, 0.3) is 0 Å². The van der Waals surface area contributed by atoms with Crippen molar-refractivity contribution in [2.24, 2.45) is 11.7 Å². The van der Waals surface area contributed by atoms with Gasteiger partial charge < -0.3 is 20.3 Å². The average Bonchev–Trinajstić information content (AvgIpc) is 2.84. The zero-order valence-corrected chi connectivity index (χ0v) is 22.3. The monoisotopic (exact) mass is 497 g/mol. The van der Waals surface area contributed by atoms with Gasteiger partial charge in [0.1, 0.15) is 12.4 Å². The molecule has 0 aliphatic carbocycles. The molecule has 1 heterocycles. The summed E-state index contributed by atoms with van der Waals surface area (Å²) < 4.78 is 5.97. The van der Waals surface area contributed by atoms with Crippen LogP contribution in [0.5, 0.6) is 5.75 Å². The average molecular weight is 498 g/mol. The fraction of sp³-hybridized carbons (Fsp3) is 0.483. The smallest absolute Gasteiger partial charge is 0.239 e. The van der Waals surface area contributed by atoms with Gasteiger partial charge in [-0.05, 0) is 81.0 Å². The van der Waals surface area contributed by atoms with Gasteiger partial charge in [-0.1, -0.05) is 49.2 Å². The van der Waals surface area contributed by atoms with Gasteiger partial charge in [-0.3, -0.25) is 4.79 Å². The molecule has 1 unspecified atom stereocenters. The fourth-order valence-electron chi connectivity index (χ4n) is 4.47. The highest BCUT2D eigenvalue weighted by molar-refractivity contribution is 6.30. The molecule has 1 aliphatic rings. The van der Waals surface area contributed by atoms with Crippen molar-refractivity contribution in [2.75, 3.05) is 24.5 Å². The number of benzene rings is 2. The van der Waals surface area contributed by atoms with Crippen LogP contribution in [0.4, 0.5) is 5.69 Å². The second kappa shape index (κ2) is 13.0. The summed E-state index contributed by atoms with van der Waals surface area (Å²) in [5.74, 6) is 1.35. The molecule has 2 aromatic rings. The van der Waals surface area contributed by atoms with Crippen molar-refractivity contribution < 1.29 is 9.53 Å². The quantitative estimate of drug-likeness (QED) is 0.405. The molecular formula is C29H40ClN3O2. The number of hydrogen-bond acceptors (Lipinski definition) is 4. The van der Waals surface area contributed by atoms with Crippen molar-refractivity contribution in [3.8, 4) is 5.75 Å². The van der Waals surface area contributed by atoms with E-state index < -0.39 is 6.04 Å². The van der Waals surface area contributed by atoms with E-state index in [9.17, 15) is 4.79 Å². The Hall–Kier alpha value is -2.50. The van der Waals surface area contributed by atoms with Crippen molar-refractivity contribution in [3.05, 3.63) is 70.8 Å². The first-order valence-electron chi connectivity index (χ1n) is 12.6. The molecule has 0 radical (unpaired) electrons. The number of halogens is 1. The summed E-state index contributed by atoms with van der Waals surface area (Å²) in [5.41, 5.74) is 9.72. The van der Waals surface area contributed by atoms with E-state index in [1.807, 2.05) is 41.3 Å². The van der Waals surface area contributed by atoms with Crippen molar-refractivity contribution in [1.82, 2.24) is 4.90 Å². The molecule has 1 atom stereocenters. The third kappa shape index (κ3) is 8.29. The molecule has 190 valence electrons. The molecule has 2 aromatic carbocycles. The van der Waals surface area contributed by atoms with Crippen LogP contribution in [0.2, 0.25) is 5.02 Å². The Morgan fingerprint density at radius 2 is 1.74 bits per heavy atom. The summed E-state index contributed by atoms with van der Waals surface area (Å²) in [7, 11) is 0. The molecule has 0 saturated carbocycles. The summed E-state index contributed by atoms with van der Waals surface area (Å²) in [6, 6.07) is 16.0. The van der Waals surface area contributed by atoms with E-state index in [1.165, 1.54) is 11.3 Å². The van der Waals surface area contributed by atoms with Crippen LogP contribution in [0, 0.1) is 5.92 Å². The van der Waals surface area contributed by atoms with E-state index in [1.54, 1.807) is 0 Å². The first kappa shape index (κ1) is 27.1. The molecule has 5 nitrogen and oxygen atoms in total. The number of nitrogens with two attached hydrogens (primary N) is 1. The standard InChI is InChI=1S/C29H40ClN3O2/c1-21(2)13-18-33(26-14-16-32(17-15-26)29(34)28(31)19-22(3)4)25-9-11-27(12-10-25)35-20-23-5-7-24(30)8-6-23/h5-13,22,26,28H,14-20,31H2,1-4H3. The van der Waals surface area contributed by atoms with Gasteiger partial charge in [-0.25, -0.2) is 0 Å². The van der Waals surface area contributed by atoms with Crippen LogP contribution in [0.15, 0.2) is 60.2 Å². The van der Waals surface area contributed by atoms with Gasteiger partial charge in [-0.15, -0.1) is 0 Å². The molecule has 1 aliphatic heterocycles. The second-order valence-electron chi connectivity index (χ2n) is 10.1. The van der Waals surface area contributed by atoms with E-state index in [0.717, 1.165) is 55.2 Å². The van der Waals surface area contributed by atoms with E-state index >= 15 is 0 Å². The molecule has 1 amide bonds. The first-order valence-corrected chi connectivity index (χ1v) is 13.0. The predicted molar refractivity (Wildman–Crippen MR) is 146 cm³/mol. The lowest BCUT2D eigenvalue weighted by atomic mass is 9.99. The van der Waals surface area contributed by atoms with Crippen LogP contribution in [0.1, 0.15) is 52.5 Å². The molecule has 0 bridgehead atoms. The van der Waals surface area contributed by atoms with Crippen molar-refractivity contribution in [3.63, 3.8) is 0 Å². The first-order chi connectivity index (χ1) is 16.7. The van der Waals surface area contributed by atoms with Crippen molar-refractivity contribution >= 4 is 23.2 Å². The summed E-state index contributed by atoms with van der Waals surface area (Å²) in [5, 5.41) is 0.725. The van der Waals surface area contributed by atoms with E-state index in [2.05, 4.69) is 50.8 Å². The summed E-state index contributed by atoms with van der Waals surface area (Å²) >= 11 is 5.97. The molecule has 0 spiro atoms. The summed E-state index contributed by atoms with van der Waals surface area (Å²) in [6.45, 7) is 11.3. The Morgan fingerprint density at radius 3 is 2.31 bits per heavy atom. The minimum atomic E-state index is -0.395. The maximum atomic E-state index is 12.8. The number of ether oxygens (including phenoxy) is 1. The number of carbonyl (C=O) groups excluding carboxylic acids is 1. The largest absolute Gasteiger partial charge is 0.489 e. The van der Waals surface area contributed by atoms with E-state index in [0.29, 0.717) is 18.6 Å². The molecule has 6 heteroatoms. The van der Waals surface area contributed by atoms with Gasteiger partial charge >= 0.3 is 0 Å². The van der Waals surface area contributed by atoms with E-state index in [4.69, 9.17) is 22.1 Å². The number of carbonyl (C=O) groups is 1. The predicted octanol–water partition coefficient (Wildman–Crippen LogP) is 6.06. The van der Waals surface area contributed by atoms with E-state index in [-0.39, 0.29) is 5.91 Å². The van der Waals surface area contributed by atoms with Gasteiger partial charge in [0.2, 0.25) is 5.91 Å². The number of hydrogen-bond donors (Lipinski definition) is 1. The highest BCUT2D eigenvalue weighted by Gasteiger charge is 2.29. The van der Waals surface area contributed by atoms with Gasteiger partial charge in [0, 0.05) is 36.4 Å². The maximum Gasteiger partial charge on any atom is 0.239 e. The third-order valence-electron chi connectivity index (χ3n) is 6.44. The molecular weight excluding hydrogens is 458 g/mol. The Morgan fingerprint density at radius 1 is 1.11 bits per heavy atom. The number of allylic oxidation sites excluding steroid dienone is 1. The van der Waals surface area contributed by atoms with Crippen LogP contribution >= 0.6 is 11.6 Å². The third-order valence-corrected chi connectivity index (χ3v) is 6.69. The zero-order chi connectivity index (χ0) is 25.4. The number of likely N-dealkylation sites (tertiary alicyclic amines) is 1. The summed E-state index contributed by atoms with van der Waals surface area (Å²) in [6.07, 6.45) is 4.87. The molecule has 1 saturated heterocycles. The SMILES string of the molecule is CC(C)=CCN(c1ccc(OCc2ccc(Cl)cc2)cc1)C1CCN(C(=O)C(N)CC(C)C)CC1. The molecule has 3 rings (SSSR count). The lowest BCUT2D eigenvalue weighted by Gasteiger charge is -2.40. The Kier molecular flexibility index (Phi) is 10.1. The molecule has 0 aromatic heterocycles. The van der Waals surface area contributed by atoms with Crippen LogP contribution in [-0.2, 0) is 11.4 Å². The lowest BCUT2D eigenvalue weighted by molar-refractivity contribution is -0.134. The number of anilines is 1. The van der Waals surface area contributed by atoms with Gasteiger partial charge in [0.05, 0.1) is 6.04 Å². The topological polar surface area (TPSA) is 58.8 Å². The van der Waals surface area contributed by atoms with Gasteiger partial charge in [-0.2, -0.15) is 0 Å². The maximum absolute atomic E-state index is 12.8. The number of piperidine rings is 1. The minimum Gasteiger partial charge on any atom is -0.489 e. The molecule has 1 fully saturated rings. The van der Waals surface area contributed by atoms with Crippen molar-refractivity contribution in [2.45, 2.75) is 65.6 Å². The van der Waals surface area contributed by atoms with Crippen molar-refractivity contribution in [1.29, 1.82) is 0 Å². The van der Waals surface area contributed by atoms with Gasteiger partial charge in [0.25, 0.3) is 0 Å². The Labute approximate surface area is 215 Å². The zero-order valence-electron chi connectivity index (χ0n) is 21.5.